The molecule has 0 aliphatic rings. The first kappa shape index (κ1) is 22.1. The molecule has 8 heteroatoms. The molecule has 30 heavy (non-hydrogen) atoms. The number of carbonyl (C=O) groups excluding carboxylic acids is 1. The molecular formula is C22H29N5O2S. The van der Waals surface area contributed by atoms with Gasteiger partial charge in [-0.3, -0.25) is 18.8 Å². The van der Waals surface area contributed by atoms with Crippen molar-refractivity contribution in [1.29, 1.82) is 0 Å². The van der Waals surface area contributed by atoms with Crippen LogP contribution in [0, 0.1) is 13.8 Å². The number of benzene rings is 1. The van der Waals surface area contributed by atoms with Crippen LogP contribution in [0.1, 0.15) is 44.0 Å². The molecule has 1 amide bonds. The number of carbonyl (C=O) groups is 1. The highest BCUT2D eigenvalue weighted by Gasteiger charge is 2.19. The standard InChI is InChI=1S/C22H29N5O2S/c1-6-12-26-21(29)20-19(15(5)25-27(20)8-3)24-22(26)30-13-17(28)23-18-14(4)10-9-11-16(18)7-2/h9-11H,6-8,12-13H2,1-5H3,(H,23,28). The molecule has 0 spiro atoms. The van der Waals surface area contributed by atoms with Crippen LogP contribution in [0.25, 0.3) is 11.0 Å². The van der Waals surface area contributed by atoms with E-state index in [-0.39, 0.29) is 17.2 Å². The van der Waals surface area contributed by atoms with Gasteiger partial charge in [-0.05, 0) is 44.7 Å². The lowest BCUT2D eigenvalue weighted by atomic mass is 10.1. The molecule has 0 aliphatic carbocycles. The van der Waals surface area contributed by atoms with Crippen LogP contribution in [0.4, 0.5) is 5.69 Å². The summed E-state index contributed by atoms with van der Waals surface area (Å²) in [6.45, 7) is 11.1. The molecule has 0 radical (unpaired) electrons. The maximum Gasteiger partial charge on any atom is 0.280 e. The summed E-state index contributed by atoms with van der Waals surface area (Å²) in [6, 6.07) is 6.02. The Kier molecular flexibility index (Phi) is 6.97. The van der Waals surface area contributed by atoms with Crippen molar-refractivity contribution >= 4 is 34.4 Å². The van der Waals surface area contributed by atoms with Gasteiger partial charge < -0.3 is 5.32 Å². The third kappa shape index (κ3) is 4.28. The van der Waals surface area contributed by atoms with E-state index in [1.54, 1.807) is 9.25 Å². The molecule has 0 aliphatic heterocycles. The zero-order chi connectivity index (χ0) is 21.8. The first-order valence-electron chi connectivity index (χ1n) is 10.4. The van der Waals surface area contributed by atoms with Gasteiger partial charge in [0.2, 0.25) is 5.91 Å². The second kappa shape index (κ2) is 9.47. The molecule has 2 heterocycles. The van der Waals surface area contributed by atoms with Crippen LogP contribution in [0.5, 0.6) is 0 Å². The minimum Gasteiger partial charge on any atom is -0.325 e. The largest absolute Gasteiger partial charge is 0.325 e. The summed E-state index contributed by atoms with van der Waals surface area (Å²) in [5.41, 5.74) is 4.80. The Labute approximate surface area is 180 Å². The topological polar surface area (TPSA) is 81.8 Å². The normalized spacial score (nSPS) is 11.2. The first-order chi connectivity index (χ1) is 14.4. The number of fused-ring (bicyclic) bond motifs is 1. The molecule has 3 aromatic rings. The molecule has 3 rings (SSSR count). The van der Waals surface area contributed by atoms with Crippen LogP contribution in [0.15, 0.2) is 28.2 Å². The molecule has 0 saturated heterocycles. The van der Waals surface area contributed by atoms with Crippen LogP contribution in [-0.2, 0) is 24.3 Å². The van der Waals surface area contributed by atoms with Gasteiger partial charge in [0.25, 0.3) is 5.56 Å². The molecule has 0 atom stereocenters. The summed E-state index contributed by atoms with van der Waals surface area (Å²) in [5, 5.41) is 8.04. The van der Waals surface area contributed by atoms with Gasteiger partial charge >= 0.3 is 0 Å². The van der Waals surface area contributed by atoms with E-state index in [0.29, 0.717) is 29.3 Å². The Morgan fingerprint density at radius 3 is 2.63 bits per heavy atom. The average Bonchev–Trinajstić information content (AvgIpc) is 3.06. The Morgan fingerprint density at radius 1 is 1.20 bits per heavy atom. The van der Waals surface area contributed by atoms with E-state index in [1.165, 1.54) is 11.8 Å². The van der Waals surface area contributed by atoms with E-state index < -0.39 is 0 Å². The van der Waals surface area contributed by atoms with Gasteiger partial charge in [-0.15, -0.1) is 0 Å². The van der Waals surface area contributed by atoms with Crippen LogP contribution in [0.2, 0.25) is 0 Å². The lowest BCUT2D eigenvalue weighted by molar-refractivity contribution is -0.113. The van der Waals surface area contributed by atoms with Gasteiger partial charge in [0, 0.05) is 18.8 Å². The first-order valence-corrected chi connectivity index (χ1v) is 11.4. The minimum absolute atomic E-state index is 0.0978. The van der Waals surface area contributed by atoms with Crippen LogP contribution in [-0.4, -0.2) is 31.0 Å². The fourth-order valence-electron chi connectivity index (χ4n) is 3.56. The summed E-state index contributed by atoms with van der Waals surface area (Å²) in [4.78, 5) is 30.5. The zero-order valence-electron chi connectivity index (χ0n) is 18.3. The fourth-order valence-corrected chi connectivity index (χ4v) is 4.37. The number of amides is 1. The molecule has 0 fully saturated rings. The Bertz CT molecular complexity index is 1130. The van der Waals surface area contributed by atoms with Gasteiger partial charge in [0.05, 0.1) is 11.4 Å². The third-order valence-corrected chi connectivity index (χ3v) is 6.04. The number of hydrogen-bond donors (Lipinski definition) is 1. The number of aryl methyl sites for hydroxylation is 4. The highest BCUT2D eigenvalue weighted by atomic mass is 32.2. The van der Waals surface area contributed by atoms with Crippen molar-refractivity contribution in [2.45, 2.75) is 65.7 Å². The minimum atomic E-state index is -0.109. The summed E-state index contributed by atoms with van der Waals surface area (Å²) in [7, 11) is 0. The molecule has 7 nitrogen and oxygen atoms in total. The molecule has 160 valence electrons. The van der Waals surface area contributed by atoms with Gasteiger partial charge in [0.1, 0.15) is 5.52 Å². The van der Waals surface area contributed by atoms with E-state index in [1.807, 2.05) is 45.9 Å². The number of thioether (sulfide) groups is 1. The number of rotatable bonds is 8. The maximum absolute atomic E-state index is 13.1. The lowest BCUT2D eigenvalue weighted by Crippen LogP contribution is -2.26. The zero-order valence-corrected chi connectivity index (χ0v) is 19.1. The SMILES string of the molecule is CCCn1c(SCC(=O)Nc2c(C)cccc2CC)nc2c(C)nn(CC)c2c1=O. The molecule has 2 aromatic heterocycles. The van der Waals surface area contributed by atoms with E-state index in [0.717, 1.165) is 35.3 Å². The molecular weight excluding hydrogens is 398 g/mol. The van der Waals surface area contributed by atoms with Crippen molar-refractivity contribution in [2.75, 3.05) is 11.1 Å². The van der Waals surface area contributed by atoms with Gasteiger partial charge in [0.15, 0.2) is 10.7 Å². The lowest BCUT2D eigenvalue weighted by Gasteiger charge is -2.14. The highest BCUT2D eigenvalue weighted by Crippen LogP contribution is 2.23. The van der Waals surface area contributed by atoms with Gasteiger partial charge in [-0.2, -0.15) is 5.10 Å². The van der Waals surface area contributed by atoms with Crippen molar-refractivity contribution in [2.24, 2.45) is 0 Å². The third-order valence-electron chi connectivity index (χ3n) is 5.07. The highest BCUT2D eigenvalue weighted by molar-refractivity contribution is 7.99. The number of anilines is 1. The predicted octanol–water partition coefficient (Wildman–Crippen LogP) is 3.93. The van der Waals surface area contributed by atoms with Crippen molar-refractivity contribution in [1.82, 2.24) is 19.3 Å². The van der Waals surface area contributed by atoms with Crippen LogP contribution >= 0.6 is 11.8 Å². The quantitative estimate of drug-likeness (QED) is 0.435. The Hall–Kier alpha value is -2.61. The number of aromatic nitrogens is 4. The van der Waals surface area contributed by atoms with Gasteiger partial charge in [-0.25, -0.2) is 4.98 Å². The van der Waals surface area contributed by atoms with Gasteiger partial charge in [-0.1, -0.05) is 43.8 Å². The molecule has 0 unspecified atom stereocenters. The predicted molar refractivity (Wildman–Crippen MR) is 122 cm³/mol. The molecule has 0 bridgehead atoms. The number of nitrogens with one attached hydrogen (secondary N) is 1. The van der Waals surface area contributed by atoms with E-state index in [4.69, 9.17) is 4.98 Å². The molecule has 1 aromatic carbocycles. The summed E-state index contributed by atoms with van der Waals surface area (Å²) in [5.74, 6) is 0.0717. The summed E-state index contributed by atoms with van der Waals surface area (Å²) in [6.07, 6.45) is 1.65. The van der Waals surface area contributed by atoms with Crippen molar-refractivity contribution in [3.8, 4) is 0 Å². The van der Waals surface area contributed by atoms with Crippen molar-refractivity contribution < 1.29 is 4.79 Å². The molecule has 0 saturated carbocycles. The second-order valence-corrected chi connectivity index (χ2v) is 8.19. The van der Waals surface area contributed by atoms with E-state index >= 15 is 0 Å². The number of nitrogens with zero attached hydrogens (tertiary/aromatic N) is 4. The maximum atomic E-state index is 13.1. The second-order valence-electron chi connectivity index (χ2n) is 7.25. The fraction of sp³-hybridized carbons (Fsp3) is 0.455. The van der Waals surface area contributed by atoms with E-state index in [9.17, 15) is 9.59 Å². The van der Waals surface area contributed by atoms with Crippen molar-refractivity contribution in [3.05, 3.63) is 45.4 Å². The Balaban J connectivity index is 1.89. The molecule has 1 N–H and O–H groups in total. The van der Waals surface area contributed by atoms with E-state index in [2.05, 4.69) is 17.3 Å². The summed E-state index contributed by atoms with van der Waals surface area (Å²) >= 11 is 1.29. The van der Waals surface area contributed by atoms with Crippen LogP contribution in [0.3, 0.4) is 0 Å². The average molecular weight is 428 g/mol. The van der Waals surface area contributed by atoms with Crippen LogP contribution < -0.4 is 10.9 Å². The summed E-state index contributed by atoms with van der Waals surface area (Å²) < 4.78 is 3.37. The number of para-hydroxylation sites is 1. The number of hydrogen-bond acceptors (Lipinski definition) is 5. The monoisotopic (exact) mass is 427 g/mol. The smallest absolute Gasteiger partial charge is 0.280 e. The van der Waals surface area contributed by atoms with Crippen molar-refractivity contribution in [3.63, 3.8) is 0 Å². The Morgan fingerprint density at radius 2 is 1.97 bits per heavy atom.